The average Bonchev–Trinajstić information content (AvgIpc) is 2.85. The third-order valence-electron chi connectivity index (χ3n) is 3.95. The molecule has 5 nitrogen and oxygen atoms in total. The highest BCUT2D eigenvalue weighted by molar-refractivity contribution is 5.37. The van der Waals surface area contributed by atoms with Gasteiger partial charge in [-0.2, -0.15) is 0 Å². The fourth-order valence-corrected chi connectivity index (χ4v) is 2.67. The van der Waals surface area contributed by atoms with E-state index < -0.39 is 24.6 Å². The molecule has 1 unspecified atom stereocenters. The standard InChI is InChI=1S/C18H20O5/c19-11-15-16(20)17(21)18(23-15)22-14-9-5-4-8-13(14)10-12-6-2-1-3-7-12/h1-9,15-21H,10-11H2/t15-,16+,17-,18?/m1/s1. The van der Waals surface area contributed by atoms with E-state index in [1.54, 1.807) is 6.07 Å². The van der Waals surface area contributed by atoms with E-state index in [9.17, 15) is 10.2 Å². The molecule has 5 heteroatoms. The summed E-state index contributed by atoms with van der Waals surface area (Å²) in [7, 11) is 0. The molecule has 0 bridgehead atoms. The lowest BCUT2D eigenvalue weighted by molar-refractivity contribution is -0.116. The molecule has 1 aliphatic heterocycles. The van der Waals surface area contributed by atoms with E-state index in [-0.39, 0.29) is 6.61 Å². The summed E-state index contributed by atoms with van der Waals surface area (Å²) in [5.41, 5.74) is 2.10. The molecule has 2 aromatic rings. The zero-order valence-electron chi connectivity index (χ0n) is 12.6. The number of hydrogen-bond donors (Lipinski definition) is 3. The van der Waals surface area contributed by atoms with Crippen LogP contribution in [0.15, 0.2) is 54.6 Å². The summed E-state index contributed by atoms with van der Waals surface area (Å²) in [6, 6.07) is 17.5. The number of hydrogen-bond acceptors (Lipinski definition) is 5. The van der Waals surface area contributed by atoms with Crippen LogP contribution < -0.4 is 4.74 Å². The minimum Gasteiger partial charge on any atom is -0.462 e. The highest BCUT2D eigenvalue weighted by atomic mass is 16.7. The summed E-state index contributed by atoms with van der Waals surface area (Å²) >= 11 is 0. The zero-order valence-corrected chi connectivity index (χ0v) is 12.6. The van der Waals surface area contributed by atoms with Crippen molar-refractivity contribution in [2.75, 3.05) is 6.61 Å². The summed E-state index contributed by atoms with van der Waals surface area (Å²) < 4.78 is 11.1. The lowest BCUT2D eigenvalue weighted by atomic mass is 10.0. The Morgan fingerprint density at radius 1 is 0.913 bits per heavy atom. The van der Waals surface area contributed by atoms with Crippen molar-refractivity contribution in [1.29, 1.82) is 0 Å². The Bertz CT molecular complexity index is 630. The van der Waals surface area contributed by atoms with Crippen LogP contribution in [0.5, 0.6) is 5.75 Å². The molecule has 1 saturated heterocycles. The molecule has 4 atom stereocenters. The van der Waals surface area contributed by atoms with Crippen molar-refractivity contribution in [3.63, 3.8) is 0 Å². The normalized spacial score (nSPS) is 27.1. The predicted octanol–water partition coefficient (Wildman–Crippen LogP) is 1.10. The van der Waals surface area contributed by atoms with Crippen molar-refractivity contribution in [2.45, 2.75) is 31.0 Å². The van der Waals surface area contributed by atoms with Gasteiger partial charge in [0, 0.05) is 6.42 Å². The monoisotopic (exact) mass is 316 g/mol. The summed E-state index contributed by atoms with van der Waals surface area (Å²) in [6.45, 7) is -0.371. The lowest BCUT2D eigenvalue weighted by Crippen LogP contribution is -2.35. The van der Waals surface area contributed by atoms with Crippen LogP contribution in [0.1, 0.15) is 11.1 Å². The number of aliphatic hydroxyl groups excluding tert-OH is 3. The Hall–Kier alpha value is -1.92. The molecule has 122 valence electrons. The number of aliphatic hydroxyl groups is 3. The van der Waals surface area contributed by atoms with Gasteiger partial charge >= 0.3 is 0 Å². The summed E-state index contributed by atoms with van der Waals surface area (Å²) in [6.07, 6.45) is -3.51. The second kappa shape index (κ2) is 7.10. The first-order valence-corrected chi connectivity index (χ1v) is 7.60. The number of benzene rings is 2. The lowest BCUT2D eigenvalue weighted by Gasteiger charge is -2.19. The summed E-state index contributed by atoms with van der Waals surface area (Å²) in [5, 5.41) is 28.9. The zero-order chi connectivity index (χ0) is 16.2. The molecule has 0 radical (unpaired) electrons. The van der Waals surface area contributed by atoms with Gasteiger partial charge in [-0.15, -0.1) is 0 Å². The molecule has 2 aromatic carbocycles. The van der Waals surface area contributed by atoms with E-state index >= 15 is 0 Å². The van der Waals surface area contributed by atoms with Gasteiger partial charge in [-0.05, 0) is 17.2 Å². The molecule has 1 heterocycles. The molecule has 23 heavy (non-hydrogen) atoms. The second-order valence-corrected chi connectivity index (χ2v) is 5.59. The maximum atomic E-state index is 9.99. The molecule has 0 aliphatic carbocycles. The minimum atomic E-state index is -1.20. The molecule has 0 aromatic heterocycles. The molecule has 0 amide bonds. The van der Waals surface area contributed by atoms with Gasteiger partial charge in [0.05, 0.1) is 6.61 Å². The molecule has 1 aliphatic rings. The highest BCUT2D eigenvalue weighted by Gasteiger charge is 2.44. The van der Waals surface area contributed by atoms with E-state index in [2.05, 4.69) is 0 Å². The van der Waals surface area contributed by atoms with Crippen LogP contribution in [0, 0.1) is 0 Å². The third kappa shape index (κ3) is 3.54. The van der Waals surface area contributed by atoms with Gasteiger partial charge in [-0.1, -0.05) is 48.5 Å². The van der Waals surface area contributed by atoms with Gasteiger partial charge < -0.3 is 24.8 Å². The molecule has 3 rings (SSSR count). The fourth-order valence-electron chi connectivity index (χ4n) is 2.67. The van der Waals surface area contributed by atoms with E-state index in [1.165, 1.54) is 0 Å². The number of para-hydroxylation sites is 1. The molecule has 3 N–H and O–H groups in total. The van der Waals surface area contributed by atoms with Crippen LogP contribution >= 0.6 is 0 Å². The van der Waals surface area contributed by atoms with Gasteiger partial charge in [-0.25, -0.2) is 0 Å². The molecular formula is C18H20O5. The van der Waals surface area contributed by atoms with E-state index in [0.717, 1.165) is 11.1 Å². The first-order chi connectivity index (χ1) is 11.2. The van der Waals surface area contributed by atoms with Gasteiger partial charge in [0.15, 0.2) is 0 Å². The quantitative estimate of drug-likeness (QED) is 0.770. The average molecular weight is 316 g/mol. The van der Waals surface area contributed by atoms with Crippen molar-refractivity contribution in [2.24, 2.45) is 0 Å². The van der Waals surface area contributed by atoms with Crippen molar-refractivity contribution >= 4 is 0 Å². The smallest absolute Gasteiger partial charge is 0.229 e. The maximum Gasteiger partial charge on any atom is 0.229 e. The van der Waals surface area contributed by atoms with Gasteiger partial charge in [0.1, 0.15) is 24.1 Å². The number of ether oxygens (including phenoxy) is 2. The third-order valence-corrected chi connectivity index (χ3v) is 3.95. The van der Waals surface area contributed by atoms with Crippen molar-refractivity contribution in [3.8, 4) is 5.75 Å². The Balaban J connectivity index is 1.76. The Morgan fingerprint density at radius 2 is 1.61 bits per heavy atom. The molecule has 1 fully saturated rings. The summed E-state index contributed by atoms with van der Waals surface area (Å²) in [4.78, 5) is 0. The summed E-state index contributed by atoms with van der Waals surface area (Å²) in [5.74, 6) is 0.589. The first-order valence-electron chi connectivity index (χ1n) is 7.60. The molecule has 0 spiro atoms. The van der Waals surface area contributed by atoms with E-state index in [1.807, 2.05) is 48.5 Å². The van der Waals surface area contributed by atoms with Crippen molar-refractivity contribution < 1.29 is 24.8 Å². The fraction of sp³-hybridized carbons (Fsp3) is 0.333. The highest BCUT2D eigenvalue weighted by Crippen LogP contribution is 2.28. The maximum absolute atomic E-state index is 9.99. The Morgan fingerprint density at radius 3 is 2.30 bits per heavy atom. The van der Waals surface area contributed by atoms with Crippen LogP contribution in [-0.2, 0) is 11.2 Å². The largest absolute Gasteiger partial charge is 0.462 e. The number of rotatable bonds is 5. The second-order valence-electron chi connectivity index (χ2n) is 5.59. The van der Waals surface area contributed by atoms with Gasteiger partial charge in [0.25, 0.3) is 0 Å². The van der Waals surface area contributed by atoms with E-state index in [4.69, 9.17) is 14.6 Å². The predicted molar refractivity (Wildman–Crippen MR) is 84.1 cm³/mol. The van der Waals surface area contributed by atoms with Gasteiger partial charge in [0.2, 0.25) is 6.29 Å². The van der Waals surface area contributed by atoms with Crippen LogP contribution in [0.25, 0.3) is 0 Å². The SMILES string of the molecule is OC[C@H]1OC(Oc2ccccc2Cc2ccccc2)[C@H](O)[C@H]1O. The van der Waals surface area contributed by atoms with Crippen molar-refractivity contribution in [1.82, 2.24) is 0 Å². The van der Waals surface area contributed by atoms with Crippen molar-refractivity contribution in [3.05, 3.63) is 65.7 Å². The first kappa shape index (κ1) is 16.0. The minimum absolute atomic E-state index is 0.371. The Labute approximate surface area is 134 Å². The van der Waals surface area contributed by atoms with Crippen LogP contribution in [0.3, 0.4) is 0 Å². The molecular weight excluding hydrogens is 296 g/mol. The molecule has 0 saturated carbocycles. The van der Waals surface area contributed by atoms with Crippen LogP contribution in [0.2, 0.25) is 0 Å². The van der Waals surface area contributed by atoms with Crippen LogP contribution in [0.4, 0.5) is 0 Å². The topological polar surface area (TPSA) is 79.2 Å². The van der Waals surface area contributed by atoms with Gasteiger partial charge in [-0.3, -0.25) is 0 Å². The van der Waals surface area contributed by atoms with Crippen LogP contribution in [-0.4, -0.2) is 46.5 Å². The van der Waals surface area contributed by atoms with E-state index in [0.29, 0.717) is 12.2 Å². The Kier molecular flexibility index (Phi) is 4.93.